The summed E-state index contributed by atoms with van der Waals surface area (Å²) in [5, 5.41) is 1.41. The maximum atomic E-state index is 13.5. The molecular formula is C30H37N7O2S. The number of aliphatic imine (C=N–C) groups is 1. The molecule has 9 nitrogen and oxygen atoms in total. The number of hydroxylamine groups is 2. The zero-order valence-electron chi connectivity index (χ0n) is 23.3. The topological polar surface area (TPSA) is 122 Å². The Hall–Kier alpha value is -3.70. The van der Waals surface area contributed by atoms with Crippen molar-refractivity contribution in [2.45, 2.75) is 31.3 Å². The summed E-state index contributed by atoms with van der Waals surface area (Å²) in [4.78, 5) is 31.7. The number of nitrogens with two attached hydrogens (primary N) is 2. The van der Waals surface area contributed by atoms with Gasteiger partial charge in [-0.2, -0.15) is 0 Å². The number of amides is 1. The van der Waals surface area contributed by atoms with Gasteiger partial charge in [-0.05, 0) is 73.9 Å². The zero-order valence-corrected chi connectivity index (χ0v) is 24.1. The van der Waals surface area contributed by atoms with Crippen molar-refractivity contribution >= 4 is 41.1 Å². The molecule has 40 heavy (non-hydrogen) atoms. The number of aromatic nitrogens is 1. The van der Waals surface area contributed by atoms with Crippen molar-refractivity contribution < 1.29 is 9.63 Å². The lowest BCUT2D eigenvalue weighted by Crippen LogP contribution is -2.34. The lowest BCUT2D eigenvalue weighted by atomic mass is 10.0. The number of pyridine rings is 1. The molecule has 5 N–H and O–H groups in total. The molecule has 0 fully saturated rings. The molecule has 0 aliphatic carbocycles. The molecule has 1 aliphatic heterocycles. The summed E-state index contributed by atoms with van der Waals surface area (Å²) < 4.78 is 3.37. The van der Waals surface area contributed by atoms with Gasteiger partial charge >= 0.3 is 0 Å². The molecular weight excluding hydrogens is 522 g/mol. The second-order valence-electron chi connectivity index (χ2n) is 9.85. The summed E-state index contributed by atoms with van der Waals surface area (Å²) in [6.45, 7) is 4.54. The first-order valence-corrected chi connectivity index (χ1v) is 14.1. The van der Waals surface area contributed by atoms with Crippen LogP contribution in [0.15, 0.2) is 76.4 Å². The Morgan fingerprint density at radius 2 is 1.85 bits per heavy atom. The van der Waals surface area contributed by atoms with Crippen LogP contribution >= 0.6 is 11.9 Å². The van der Waals surface area contributed by atoms with E-state index in [1.54, 1.807) is 11.9 Å². The van der Waals surface area contributed by atoms with Gasteiger partial charge in [0.2, 0.25) is 0 Å². The molecule has 3 aromatic rings. The maximum absolute atomic E-state index is 13.5. The van der Waals surface area contributed by atoms with Gasteiger partial charge < -0.3 is 16.4 Å². The molecule has 210 valence electrons. The first kappa shape index (κ1) is 29.3. The Labute approximate surface area is 240 Å². The van der Waals surface area contributed by atoms with Gasteiger partial charge in [0.25, 0.3) is 5.91 Å². The van der Waals surface area contributed by atoms with Crippen molar-refractivity contribution in [3.05, 3.63) is 77.6 Å². The number of fused-ring (bicyclic) bond motifs is 1. The number of nitrogens with one attached hydrogen (secondary N) is 1. The SMILES string of the molecule is CCCN(OCc1ccc(N)cc1)C(=O)C1=Cc2ccc(-c3cncc(SNCCN(C)C)c3)cc2N=C(N)C1. The summed E-state index contributed by atoms with van der Waals surface area (Å²) in [7, 11) is 4.10. The highest BCUT2D eigenvalue weighted by molar-refractivity contribution is 7.97. The second-order valence-corrected chi connectivity index (χ2v) is 10.8. The molecule has 1 aromatic heterocycles. The van der Waals surface area contributed by atoms with Gasteiger partial charge in [-0.25, -0.2) is 10.1 Å². The number of benzene rings is 2. The number of carbonyl (C=O) groups excluding carboxylic acids is 1. The van der Waals surface area contributed by atoms with Crippen LogP contribution in [0.3, 0.4) is 0 Å². The van der Waals surface area contributed by atoms with Crippen LogP contribution in [0.25, 0.3) is 17.2 Å². The van der Waals surface area contributed by atoms with E-state index in [0.29, 0.717) is 29.3 Å². The van der Waals surface area contributed by atoms with E-state index in [1.807, 2.05) is 82.0 Å². The molecule has 0 bridgehead atoms. The fourth-order valence-electron chi connectivity index (χ4n) is 4.10. The highest BCUT2D eigenvalue weighted by atomic mass is 32.2. The van der Waals surface area contributed by atoms with E-state index >= 15 is 0 Å². The average Bonchev–Trinajstić information content (AvgIpc) is 3.11. The minimum absolute atomic E-state index is 0.219. The monoisotopic (exact) mass is 559 g/mol. The van der Waals surface area contributed by atoms with Gasteiger partial charge in [0.05, 0.1) is 5.69 Å². The highest BCUT2D eigenvalue weighted by Crippen LogP contribution is 2.33. The van der Waals surface area contributed by atoms with Crippen molar-refractivity contribution in [2.24, 2.45) is 10.7 Å². The molecule has 1 aliphatic rings. The predicted octanol–water partition coefficient (Wildman–Crippen LogP) is 4.64. The molecule has 0 saturated carbocycles. The van der Waals surface area contributed by atoms with Gasteiger partial charge in [0.1, 0.15) is 12.4 Å². The van der Waals surface area contributed by atoms with Gasteiger partial charge in [0, 0.05) is 65.7 Å². The van der Waals surface area contributed by atoms with Crippen molar-refractivity contribution in [3.63, 3.8) is 0 Å². The number of anilines is 1. The summed E-state index contributed by atoms with van der Waals surface area (Å²) in [6, 6.07) is 15.5. The van der Waals surface area contributed by atoms with Crippen LogP contribution in [0.2, 0.25) is 0 Å². The van der Waals surface area contributed by atoms with E-state index in [9.17, 15) is 4.79 Å². The Kier molecular flexibility index (Phi) is 10.3. The number of carbonyl (C=O) groups is 1. The molecule has 0 spiro atoms. The molecule has 2 aromatic carbocycles. The maximum Gasteiger partial charge on any atom is 0.273 e. The first-order chi connectivity index (χ1) is 19.3. The molecule has 10 heteroatoms. The summed E-state index contributed by atoms with van der Waals surface area (Å²) in [5.41, 5.74) is 17.7. The van der Waals surface area contributed by atoms with Crippen LogP contribution in [0, 0.1) is 0 Å². The Morgan fingerprint density at radius 1 is 1.05 bits per heavy atom. The predicted molar refractivity (Wildman–Crippen MR) is 164 cm³/mol. The molecule has 0 radical (unpaired) electrons. The molecule has 1 amide bonds. The summed E-state index contributed by atoms with van der Waals surface area (Å²) in [6.07, 6.45) is 6.52. The highest BCUT2D eigenvalue weighted by Gasteiger charge is 2.22. The molecule has 2 heterocycles. The number of likely N-dealkylation sites (N-methyl/N-ethyl adjacent to an activating group) is 1. The third kappa shape index (κ3) is 8.15. The van der Waals surface area contributed by atoms with Gasteiger partial charge in [-0.1, -0.05) is 31.2 Å². The number of amidine groups is 1. The Bertz CT molecular complexity index is 1370. The van der Waals surface area contributed by atoms with Gasteiger partial charge in [-0.3, -0.25) is 19.3 Å². The van der Waals surface area contributed by atoms with E-state index in [4.69, 9.17) is 16.3 Å². The van der Waals surface area contributed by atoms with Crippen LogP contribution < -0.4 is 16.2 Å². The Balaban J connectivity index is 1.51. The van der Waals surface area contributed by atoms with E-state index in [-0.39, 0.29) is 18.9 Å². The lowest BCUT2D eigenvalue weighted by molar-refractivity contribution is -0.187. The third-order valence-electron chi connectivity index (χ3n) is 6.19. The number of hydrogen-bond donors (Lipinski definition) is 3. The summed E-state index contributed by atoms with van der Waals surface area (Å²) in [5.74, 6) is 0.154. The molecule has 0 unspecified atom stereocenters. The van der Waals surface area contributed by atoms with E-state index in [1.165, 1.54) is 5.06 Å². The second kappa shape index (κ2) is 14.1. The smallest absolute Gasteiger partial charge is 0.273 e. The average molecular weight is 560 g/mol. The van der Waals surface area contributed by atoms with Crippen molar-refractivity contribution in [3.8, 4) is 11.1 Å². The Morgan fingerprint density at radius 3 is 2.60 bits per heavy atom. The van der Waals surface area contributed by atoms with Crippen molar-refractivity contribution in [2.75, 3.05) is 39.5 Å². The van der Waals surface area contributed by atoms with Crippen LogP contribution in [-0.2, 0) is 16.2 Å². The fraction of sp³-hybridized carbons (Fsp3) is 0.300. The van der Waals surface area contributed by atoms with Gasteiger partial charge in [-0.15, -0.1) is 0 Å². The zero-order chi connectivity index (χ0) is 28.5. The van der Waals surface area contributed by atoms with Crippen molar-refractivity contribution in [1.82, 2.24) is 19.7 Å². The number of hydrogen-bond acceptors (Lipinski definition) is 9. The molecule has 0 atom stereocenters. The first-order valence-electron chi connectivity index (χ1n) is 13.3. The third-order valence-corrected chi connectivity index (χ3v) is 7.00. The normalized spacial score (nSPS) is 12.9. The number of nitrogen functional groups attached to an aromatic ring is 1. The van der Waals surface area contributed by atoms with Crippen LogP contribution in [0.1, 0.15) is 30.9 Å². The fourth-order valence-corrected chi connectivity index (χ4v) is 4.76. The molecule has 4 rings (SSSR count). The number of rotatable bonds is 12. The van der Waals surface area contributed by atoms with Crippen LogP contribution in [0.4, 0.5) is 11.4 Å². The van der Waals surface area contributed by atoms with Crippen LogP contribution in [-0.4, -0.2) is 60.4 Å². The minimum atomic E-state index is -0.219. The lowest BCUT2D eigenvalue weighted by Gasteiger charge is -2.22. The molecule has 0 saturated heterocycles. The minimum Gasteiger partial charge on any atom is -0.399 e. The van der Waals surface area contributed by atoms with E-state index < -0.39 is 0 Å². The number of nitrogens with zero attached hydrogens (tertiary/aromatic N) is 4. The van der Waals surface area contributed by atoms with Gasteiger partial charge in [0.15, 0.2) is 0 Å². The van der Waals surface area contributed by atoms with Crippen molar-refractivity contribution in [1.29, 1.82) is 0 Å². The van der Waals surface area contributed by atoms with E-state index in [0.717, 1.165) is 46.7 Å². The quantitative estimate of drug-likeness (QED) is 0.127. The van der Waals surface area contributed by atoms with Crippen LogP contribution in [0.5, 0.6) is 0 Å². The summed E-state index contributed by atoms with van der Waals surface area (Å²) >= 11 is 1.56. The standard InChI is InChI=1S/C30H37N7O2S/c1-4-12-37(39-20-21-5-9-26(31)10-6-21)30(38)24-14-23-8-7-22(16-28(23)35-29(32)17-24)25-15-27(19-33-18-25)40-34-11-13-36(2)3/h5-10,14-16,18-19,34H,4,11-13,17,20,31H2,1-3H3,(H2,32,35). The van der Waals surface area contributed by atoms with E-state index in [2.05, 4.69) is 25.7 Å². The largest absolute Gasteiger partial charge is 0.399 e.